The Bertz CT molecular complexity index is 679. The molecule has 1 aromatic heterocycles. The summed E-state index contributed by atoms with van der Waals surface area (Å²) in [4.78, 5) is 22.8. The molecule has 2 aromatic rings. The molecule has 0 radical (unpaired) electrons. The number of aryl methyl sites for hydroxylation is 1. The van der Waals surface area contributed by atoms with Gasteiger partial charge in [0.1, 0.15) is 5.82 Å². The molecule has 0 aliphatic heterocycles. The van der Waals surface area contributed by atoms with Crippen LogP contribution in [-0.2, 0) is 6.54 Å². The fourth-order valence-corrected chi connectivity index (χ4v) is 1.81. The molecule has 0 saturated heterocycles. The number of hydrogen-bond donors (Lipinski definition) is 1. The van der Waals surface area contributed by atoms with Crippen LogP contribution in [0.4, 0.5) is 4.39 Å². The number of hydrogen-bond acceptors (Lipinski definition) is 3. The molecule has 0 atom stereocenters. The Hall–Kier alpha value is -2.24. The molecule has 0 spiro atoms. The topological polar surface area (TPSA) is 72.2 Å². The average Bonchev–Trinajstić information content (AvgIpc) is 2.32. The van der Waals surface area contributed by atoms with Gasteiger partial charge >= 0.3 is 5.97 Å². The van der Waals surface area contributed by atoms with Gasteiger partial charge in [-0.05, 0) is 18.6 Å². The average molecular weight is 250 g/mol. The fraction of sp³-hybridized carbons (Fsp3) is 0.250. The van der Waals surface area contributed by atoms with Crippen LogP contribution in [0.3, 0.4) is 0 Å². The van der Waals surface area contributed by atoms with E-state index in [1.165, 1.54) is 10.7 Å². The minimum atomic E-state index is -1.45. The molecular weight excluding hydrogens is 239 g/mol. The van der Waals surface area contributed by atoms with Crippen LogP contribution >= 0.6 is 0 Å². The highest BCUT2D eigenvalue weighted by Gasteiger charge is 2.18. The van der Waals surface area contributed by atoms with Crippen LogP contribution in [0.1, 0.15) is 23.8 Å². The zero-order valence-corrected chi connectivity index (χ0v) is 9.68. The number of rotatable bonds is 3. The first-order valence-electron chi connectivity index (χ1n) is 5.49. The number of halogens is 1. The number of carboxylic acids is 1. The molecule has 6 heteroatoms. The van der Waals surface area contributed by atoms with Crippen LogP contribution in [0.5, 0.6) is 0 Å². The maximum Gasteiger partial charge on any atom is 0.360 e. The summed E-state index contributed by atoms with van der Waals surface area (Å²) in [6.07, 6.45) is 0.695. The molecule has 0 amide bonds. The van der Waals surface area contributed by atoms with Gasteiger partial charge in [0.2, 0.25) is 11.1 Å². The lowest BCUT2D eigenvalue weighted by molar-refractivity contribution is 0.0686. The van der Waals surface area contributed by atoms with Gasteiger partial charge in [-0.15, -0.1) is 0 Å². The van der Waals surface area contributed by atoms with E-state index in [1.54, 1.807) is 6.07 Å². The van der Waals surface area contributed by atoms with E-state index >= 15 is 0 Å². The molecule has 1 heterocycles. The van der Waals surface area contributed by atoms with Crippen molar-refractivity contribution < 1.29 is 14.3 Å². The van der Waals surface area contributed by atoms with Gasteiger partial charge in [-0.2, -0.15) is 5.10 Å². The van der Waals surface area contributed by atoms with Crippen LogP contribution in [0.2, 0.25) is 0 Å². The van der Waals surface area contributed by atoms with Gasteiger partial charge in [-0.1, -0.05) is 13.0 Å². The Labute approximate surface area is 101 Å². The first-order valence-corrected chi connectivity index (χ1v) is 5.49. The number of fused-ring (bicyclic) bond motifs is 1. The Morgan fingerprint density at radius 3 is 2.83 bits per heavy atom. The molecule has 0 unspecified atom stereocenters. The number of carboxylic acid groups (broad SMARTS) is 1. The third-order valence-corrected chi connectivity index (χ3v) is 2.57. The largest absolute Gasteiger partial charge is 0.476 e. The lowest BCUT2D eigenvalue weighted by atomic mass is 10.2. The minimum absolute atomic E-state index is 0.224. The third kappa shape index (κ3) is 1.85. The number of aromatic nitrogens is 2. The van der Waals surface area contributed by atoms with Crippen molar-refractivity contribution in [2.45, 2.75) is 19.9 Å². The molecule has 0 bridgehead atoms. The van der Waals surface area contributed by atoms with Gasteiger partial charge in [0.05, 0.1) is 10.9 Å². The summed E-state index contributed by atoms with van der Waals surface area (Å²) in [5, 5.41) is 12.5. The zero-order chi connectivity index (χ0) is 13.3. The summed E-state index contributed by atoms with van der Waals surface area (Å²) in [6.45, 7) is 2.30. The van der Waals surface area contributed by atoms with E-state index in [4.69, 9.17) is 5.11 Å². The number of benzene rings is 1. The molecule has 94 valence electrons. The van der Waals surface area contributed by atoms with E-state index in [1.807, 2.05) is 6.92 Å². The minimum Gasteiger partial charge on any atom is -0.476 e. The van der Waals surface area contributed by atoms with Crippen LogP contribution in [-0.4, -0.2) is 20.9 Å². The highest BCUT2D eigenvalue weighted by atomic mass is 19.1. The van der Waals surface area contributed by atoms with Crippen LogP contribution in [0.15, 0.2) is 23.0 Å². The summed E-state index contributed by atoms with van der Waals surface area (Å²) >= 11 is 0. The first-order chi connectivity index (χ1) is 8.56. The summed E-state index contributed by atoms with van der Waals surface area (Å²) in [7, 11) is 0. The molecule has 0 fully saturated rings. The van der Waals surface area contributed by atoms with E-state index in [0.717, 1.165) is 6.07 Å². The Morgan fingerprint density at radius 1 is 1.50 bits per heavy atom. The maximum absolute atomic E-state index is 13.7. The number of nitrogens with zero attached hydrogens (tertiary/aromatic N) is 2. The fourth-order valence-electron chi connectivity index (χ4n) is 1.81. The van der Waals surface area contributed by atoms with Gasteiger partial charge in [0.15, 0.2) is 0 Å². The highest BCUT2D eigenvalue weighted by Crippen LogP contribution is 2.14. The maximum atomic E-state index is 13.7. The monoisotopic (exact) mass is 250 g/mol. The van der Waals surface area contributed by atoms with Gasteiger partial charge < -0.3 is 5.11 Å². The van der Waals surface area contributed by atoms with Gasteiger partial charge in [-0.3, -0.25) is 9.48 Å². The Kier molecular flexibility index (Phi) is 3.10. The van der Waals surface area contributed by atoms with Crippen LogP contribution in [0.25, 0.3) is 10.9 Å². The van der Waals surface area contributed by atoms with Crippen LogP contribution in [0, 0.1) is 5.82 Å². The van der Waals surface area contributed by atoms with Crippen molar-refractivity contribution in [3.63, 3.8) is 0 Å². The lowest BCUT2D eigenvalue weighted by Crippen LogP contribution is -2.23. The van der Waals surface area contributed by atoms with Gasteiger partial charge in [0.25, 0.3) is 0 Å². The van der Waals surface area contributed by atoms with Gasteiger partial charge in [-0.25, -0.2) is 9.18 Å². The second-order valence-corrected chi connectivity index (χ2v) is 3.84. The van der Waals surface area contributed by atoms with Crippen molar-refractivity contribution in [3.8, 4) is 0 Å². The van der Waals surface area contributed by atoms with E-state index in [2.05, 4.69) is 5.10 Å². The van der Waals surface area contributed by atoms with Gasteiger partial charge in [0, 0.05) is 6.54 Å². The Balaban J connectivity index is 2.93. The van der Waals surface area contributed by atoms with E-state index in [9.17, 15) is 14.0 Å². The molecule has 1 aromatic carbocycles. The molecule has 5 nitrogen and oxygen atoms in total. The van der Waals surface area contributed by atoms with E-state index in [0.29, 0.717) is 18.5 Å². The van der Waals surface area contributed by atoms with Crippen molar-refractivity contribution in [2.24, 2.45) is 0 Å². The molecule has 0 aliphatic carbocycles. The lowest BCUT2D eigenvalue weighted by Gasteiger charge is -2.09. The predicted octanol–water partition coefficient (Wildman–Crippen LogP) is 1.64. The summed E-state index contributed by atoms with van der Waals surface area (Å²) in [5.74, 6) is -2.18. The number of carbonyl (C=O) groups is 1. The summed E-state index contributed by atoms with van der Waals surface area (Å²) < 4.78 is 15.0. The van der Waals surface area contributed by atoms with Crippen molar-refractivity contribution in [2.75, 3.05) is 0 Å². The second kappa shape index (κ2) is 4.56. The smallest absolute Gasteiger partial charge is 0.360 e. The number of aromatic carboxylic acids is 1. The quantitative estimate of drug-likeness (QED) is 0.898. The Morgan fingerprint density at radius 2 is 2.22 bits per heavy atom. The summed E-state index contributed by atoms with van der Waals surface area (Å²) in [5.41, 5.74) is -1.23. The second-order valence-electron chi connectivity index (χ2n) is 3.84. The summed E-state index contributed by atoms with van der Waals surface area (Å²) in [6, 6.07) is 4.14. The van der Waals surface area contributed by atoms with Crippen molar-refractivity contribution in [1.29, 1.82) is 0 Å². The standard InChI is InChI=1S/C12H11FN2O3/c1-2-6-15-8-5-3-4-7(13)9(8)11(16)10(14-15)12(17)18/h3-5H,2,6H2,1H3,(H,17,18). The molecule has 1 N–H and O–H groups in total. The molecule has 18 heavy (non-hydrogen) atoms. The van der Waals surface area contributed by atoms with Crippen molar-refractivity contribution in [3.05, 3.63) is 39.9 Å². The molecule has 0 aliphatic rings. The first kappa shape index (κ1) is 12.2. The highest BCUT2D eigenvalue weighted by molar-refractivity contribution is 5.90. The normalized spacial score (nSPS) is 10.8. The SMILES string of the molecule is CCCn1nc(C(=O)O)c(=O)c2c(F)cccc21. The predicted molar refractivity (Wildman–Crippen MR) is 63.2 cm³/mol. The van der Waals surface area contributed by atoms with Crippen molar-refractivity contribution >= 4 is 16.9 Å². The van der Waals surface area contributed by atoms with E-state index in [-0.39, 0.29) is 5.39 Å². The molecule has 2 rings (SSSR count). The molecular formula is C12H11FN2O3. The third-order valence-electron chi connectivity index (χ3n) is 2.57. The van der Waals surface area contributed by atoms with E-state index < -0.39 is 22.9 Å². The molecule has 0 saturated carbocycles. The zero-order valence-electron chi connectivity index (χ0n) is 9.68. The van der Waals surface area contributed by atoms with Crippen LogP contribution < -0.4 is 5.43 Å². The van der Waals surface area contributed by atoms with Crippen molar-refractivity contribution in [1.82, 2.24) is 9.78 Å².